The fourth-order valence-electron chi connectivity index (χ4n) is 2.32. The van der Waals surface area contributed by atoms with Crippen LogP contribution in [0.15, 0.2) is 54.6 Å². The summed E-state index contributed by atoms with van der Waals surface area (Å²) in [5, 5.41) is 0. The van der Waals surface area contributed by atoms with E-state index < -0.39 is 0 Å². The molecule has 0 saturated heterocycles. The molecule has 100 valence electrons. The molecule has 3 nitrogen and oxygen atoms in total. The lowest BCUT2D eigenvalue weighted by molar-refractivity contribution is 1.07. The molecule has 0 spiro atoms. The number of hydrogen-bond acceptors (Lipinski definition) is 2. The molecular weight excluding hydrogens is 246 g/mol. The summed E-state index contributed by atoms with van der Waals surface area (Å²) < 4.78 is 0. The van der Waals surface area contributed by atoms with Crippen LogP contribution in [0.5, 0.6) is 0 Å². The van der Waals surface area contributed by atoms with Crippen molar-refractivity contribution < 1.29 is 0 Å². The molecule has 20 heavy (non-hydrogen) atoms. The van der Waals surface area contributed by atoms with Crippen molar-refractivity contribution in [1.29, 1.82) is 0 Å². The maximum absolute atomic E-state index is 5.69. The zero-order valence-corrected chi connectivity index (χ0v) is 11.4. The number of rotatable bonds is 3. The highest BCUT2D eigenvalue weighted by atomic mass is 14.9. The zero-order chi connectivity index (χ0) is 13.9. The van der Waals surface area contributed by atoms with Crippen LogP contribution in [0.2, 0.25) is 0 Å². The van der Waals surface area contributed by atoms with Crippen molar-refractivity contribution in [2.45, 2.75) is 13.5 Å². The van der Waals surface area contributed by atoms with Gasteiger partial charge in [0.2, 0.25) is 0 Å². The molecule has 1 aromatic heterocycles. The summed E-state index contributed by atoms with van der Waals surface area (Å²) in [6, 6.07) is 18.4. The zero-order valence-electron chi connectivity index (χ0n) is 11.4. The third-order valence-electron chi connectivity index (χ3n) is 3.37. The number of imidazole rings is 1. The van der Waals surface area contributed by atoms with Crippen LogP contribution in [0.25, 0.3) is 22.6 Å². The van der Waals surface area contributed by atoms with E-state index >= 15 is 0 Å². The summed E-state index contributed by atoms with van der Waals surface area (Å²) in [6.07, 6.45) is 0. The number of aromatic nitrogens is 2. The Balaban J connectivity index is 2.04. The fraction of sp³-hybridized carbons (Fsp3) is 0.118. The highest BCUT2D eigenvalue weighted by Crippen LogP contribution is 2.25. The van der Waals surface area contributed by atoms with Crippen LogP contribution in [0.1, 0.15) is 11.3 Å². The minimum atomic E-state index is 0.541. The number of aryl methyl sites for hydroxylation is 1. The van der Waals surface area contributed by atoms with Gasteiger partial charge in [-0.25, -0.2) is 4.98 Å². The highest BCUT2D eigenvalue weighted by molar-refractivity contribution is 5.67. The largest absolute Gasteiger partial charge is 0.342 e. The van der Waals surface area contributed by atoms with E-state index in [0.717, 1.165) is 33.9 Å². The van der Waals surface area contributed by atoms with Crippen molar-refractivity contribution in [2.24, 2.45) is 5.73 Å². The quantitative estimate of drug-likeness (QED) is 0.759. The van der Waals surface area contributed by atoms with Gasteiger partial charge in [0.25, 0.3) is 0 Å². The van der Waals surface area contributed by atoms with Crippen LogP contribution in [0.3, 0.4) is 0 Å². The first kappa shape index (κ1) is 12.6. The second-order valence-electron chi connectivity index (χ2n) is 4.83. The molecule has 0 fully saturated rings. The first-order chi connectivity index (χ1) is 9.78. The maximum atomic E-state index is 5.69. The van der Waals surface area contributed by atoms with Gasteiger partial charge in [-0.05, 0) is 18.6 Å². The summed E-state index contributed by atoms with van der Waals surface area (Å²) >= 11 is 0. The minimum Gasteiger partial charge on any atom is -0.342 e. The molecule has 0 aliphatic heterocycles. The van der Waals surface area contributed by atoms with Crippen molar-refractivity contribution in [3.63, 3.8) is 0 Å². The monoisotopic (exact) mass is 263 g/mol. The van der Waals surface area contributed by atoms with E-state index in [4.69, 9.17) is 10.7 Å². The molecule has 0 saturated carbocycles. The Morgan fingerprint density at radius 1 is 1.00 bits per heavy atom. The molecule has 3 heteroatoms. The molecule has 3 rings (SSSR count). The van der Waals surface area contributed by atoms with Crippen molar-refractivity contribution in [3.05, 3.63) is 65.9 Å². The normalized spacial score (nSPS) is 10.7. The highest BCUT2D eigenvalue weighted by Gasteiger charge is 2.10. The van der Waals surface area contributed by atoms with Crippen molar-refractivity contribution >= 4 is 0 Å². The van der Waals surface area contributed by atoms with Gasteiger partial charge < -0.3 is 10.7 Å². The van der Waals surface area contributed by atoms with Gasteiger partial charge in [-0.1, -0.05) is 48.5 Å². The molecule has 0 aliphatic carbocycles. The molecule has 3 N–H and O–H groups in total. The molecule has 0 unspecified atom stereocenters. The Bertz CT molecular complexity index is 714. The van der Waals surface area contributed by atoms with Gasteiger partial charge in [-0.2, -0.15) is 0 Å². The van der Waals surface area contributed by atoms with Gasteiger partial charge >= 0.3 is 0 Å². The van der Waals surface area contributed by atoms with E-state index in [9.17, 15) is 0 Å². The SMILES string of the molecule is Cc1[nH]c(-c2cccc(CN)c2)nc1-c1ccccc1. The van der Waals surface area contributed by atoms with Gasteiger partial charge in [0, 0.05) is 23.4 Å². The van der Waals surface area contributed by atoms with Crippen molar-refractivity contribution in [3.8, 4) is 22.6 Å². The lowest BCUT2D eigenvalue weighted by Gasteiger charge is -2.00. The second-order valence-corrected chi connectivity index (χ2v) is 4.83. The average molecular weight is 263 g/mol. The number of nitrogens with one attached hydrogen (secondary N) is 1. The molecule has 1 heterocycles. The topological polar surface area (TPSA) is 54.7 Å². The van der Waals surface area contributed by atoms with Crippen LogP contribution < -0.4 is 5.73 Å². The van der Waals surface area contributed by atoms with E-state index in [1.165, 1.54) is 0 Å². The Kier molecular flexibility index (Phi) is 3.35. The molecule has 0 bridgehead atoms. The van der Waals surface area contributed by atoms with E-state index in [1.807, 2.05) is 43.3 Å². The summed E-state index contributed by atoms with van der Waals surface area (Å²) in [4.78, 5) is 8.09. The predicted molar refractivity (Wildman–Crippen MR) is 82.1 cm³/mol. The number of benzene rings is 2. The molecule has 2 aromatic carbocycles. The lowest BCUT2D eigenvalue weighted by Crippen LogP contribution is -1.96. The number of aromatic amines is 1. The van der Waals surface area contributed by atoms with Crippen LogP contribution in [0, 0.1) is 6.92 Å². The first-order valence-electron chi connectivity index (χ1n) is 6.69. The lowest BCUT2D eigenvalue weighted by atomic mass is 10.1. The smallest absolute Gasteiger partial charge is 0.138 e. The fourth-order valence-corrected chi connectivity index (χ4v) is 2.32. The Morgan fingerprint density at radius 2 is 1.75 bits per heavy atom. The van der Waals surface area contributed by atoms with Crippen LogP contribution in [-0.4, -0.2) is 9.97 Å². The molecule has 0 amide bonds. The predicted octanol–water partition coefficient (Wildman–Crippen LogP) is 3.51. The molecule has 0 radical (unpaired) electrons. The second kappa shape index (κ2) is 5.31. The van der Waals surface area contributed by atoms with Gasteiger partial charge in [0.05, 0.1) is 5.69 Å². The van der Waals surface area contributed by atoms with E-state index in [0.29, 0.717) is 6.54 Å². The number of nitrogens with two attached hydrogens (primary N) is 1. The summed E-state index contributed by atoms with van der Waals surface area (Å²) in [7, 11) is 0. The van der Waals surface area contributed by atoms with Gasteiger partial charge in [0.1, 0.15) is 5.82 Å². The first-order valence-corrected chi connectivity index (χ1v) is 6.69. The van der Waals surface area contributed by atoms with Crippen molar-refractivity contribution in [2.75, 3.05) is 0 Å². The molecule has 0 atom stereocenters. The Hall–Kier alpha value is -2.39. The van der Waals surface area contributed by atoms with E-state index in [1.54, 1.807) is 0 Å². The number of H-pyrrole nitrogens is 1. The average Bonchev–Trinajstić information content (AvgIpc) is 2.90. The standard InChI is InChI=1S/C17H17N3/c1-12-16(14-7-3-2-4-8-14)20-17(19-12)15-9-5-6-13(10-15)11-18/h2-10H,11,18H2,1H3,(H,19,20). The van der Waals surface area contributed by atoms with Crippen LogP contribution in [0.4, 0.5) is 0 Å². The maximum Gasteiger partial charge on any atom is 0.138 e. The van der Waals surface area contributed by atoms with Gasteiger partial charge in [-0.15, -0.1) is 0 Å². The van der Waals surface area contributed by atoms with Gasteiger partial charge in [0.15, 0.2) is 0 Å². The number of nitrogens with zero attached hydrogens (tertiary/aromatic N) is 1. The summed E-state index contributed by atoms with van der Waals surface area (Å²) in [6.45, 7) is 2.59. The third-order valence-corrected chi connectivity index (χ3v) is 3.37. The molecular formula is C17H17N3. The van der Waals surface area contributed by atoms with E-state index in [-0.39, 0.29) is 0 Å². The molecule has 3 aromatic rings. The van der Waals surface area contributed by atoms with Crippen molar-refractivity contribution in [1.82, 2.24) is 9.97 Å². The van der Waals surface area contributed by atoms with Crippen LogP contribution >= 0.6 is 0 Å². The van der Waals surface area contributed by atoms with Crippen LogP contribution in [-0.2, 0) is 6.54 Å². The minimum absolute atomic E-state index is 0.541. The summed E-state index contributed by atoms with van der Waals surface area (Å²) in [5.41, 5.74) is 11.1. The number of hydrogen-bond donors (Lipinski definition) is 2. The van der Waals surface area contributed by atoms with E-state index in [2.05, 4.69) is 23.2 Å². The third kappa shape index (κ3) is 2.36. The Labute approximate surface area is 118 Å². The summed E-state index contributed by atoms with van der Waals surface area (Å²) in [5.74, 6) is 0.886. The molecule has 0 aliphatic rings. The van der Waals surface area contributed by atoms with Gasteiger partial charge in [-0.3, -0.25) is 0 Å². The Morgan fingerprint density at radius 3 is 2.50 bits per heavy atom.